The van der Waals surface area contributed by atoms with E-state index in [2.05, 4.69) is 14.9 Å². The number of benzene rings is 2. The van der Waals surface area contributed by atoms with Crippen LogP contribution in [0.3, 0.4) is 0 Å². The van der Waals surface area contributed by atoms with Crippen LogP contribution in [0.2, 0.25) is 0 Å². The molecule has 0 unspecified atom stereocenters. The summed E-state index contributed by atoms with van der Waals surface area (Å²) in [7, 11) is 0. The summed E-state index contributed by atoms with van der Waals surface area (Å²) in [6.45, 7) is 7.43. The number of rotatable bonds is 7. The molecule has 26 heavy (non-hydrogen) atoms. The first-order valence-electron chi connectivity index (χ1n) is 8.96. The summed E-state index contributed by atoms with van der Waals surface area (Å²) in [6, 6.07) is 16.0. The van der Waals surface area contributed by atoms with Crippen molar-refractivity contribution in [1.82, 2.24) is 14.9 Å². The number of imidazole rings is 1. The number of fused-ring (bicyclic) bond motifs is 1. The molecule has 1 amide bonds. The standard InChI is InChI=1S/C21H25N3O2/c1-15(2)21(25)22-14-20-23-18-9-4-5-10-19(18)24(20)11-12-26-17-8-6-7-16(3)13-17/h4-10,13,15H,11-12,14H2,1-3H3,(H,22,25). The van der Waals surface area contributed by atoms with Gasteiger partial charge in [0, 0.05) is 5.92 Å². The van der Waals surface area contributed by atoms with E-state index in [9.17, 15) is 4.79 Å². The fourth-order valence-electron chi connectivity index (χ4n) is 2.84. The third-order valence-electron chi connectivity index (χ3n) is 4.25. The highest BCUT2D eigenvalue weighted by Crippen LogP contribution is 2.17. The van der Waals surface area contributed by atoms with Crippen LogP contribution in [0.25, 0.3) is 11.0 Å². The van der Waals surface area contributed by atoms with Gasteiger partial charge in [0.1, 0.15) is 18.2 Å². The molecule has 0 atom stereocenters. The number of aryl methyl sites for hydroxylation is 1. The number of hydrogen-bond donors (Lipinski definition) is 1. The van der Waals surface area contributed by atoms with E-state index in [1.54, 1.807) is 0 Å². The molecule has 3 aromatic rings. The van der Waals surface area contributed by atoms with Crippen molar-refractivity contribution in [3.05, 3.63) is 59.9 Å². The molecular weight excluding hydrogens is 326 g/mol. The number of nitrogens with zero attached hydrogens (tertiary/aromatic N) is 2. The second-order valence-corrected chi connectivity index (χ2v) is 6.71. The fraction of sp³-hybridized carbons (Fsp3) is 0.333. The summed E-state index contributed by atoms with van der Waals surface area (Å²) in [5.41, 5.74) is 3.15. The summed E-state index contributed by atoms with van der Waals surface area (Å²) in [5.74, 6) is 1.69. The summed E-state index contributed by atoms with van der Waals surface area (Å²) in [5, 5.41) is 2.95. The Labute approximate surface area is 154 Å². The smallest absolute Gasteiger partial charge is 0.222 e. The minimum Gasteiger partial charge on any atom is -0.492 e. The van der Waals surface area contributed by atoms with Gasteiger partial charge in [-0.15, -0.1) is 0 Å². The number of carbonyl (C=O) groups excluding carboxylic acids is 1. The van der Waals surface area contributed by atoms with Gasteiger partial charge < -0.3 is 14.6 Å². The van der Waals surface area contributed by atoms with Gasteiger partial charge in [0.2, 0.25) is 5.91 Å². The number of para-hydroxylation sites is 2. The number of hydrogen-bond acceptors (Lipinski definition) is 3. The maximum atomic E-state index is 11.9. The van der Waals surface area contributed by atoms with Crippen molar-refractivity contribution in [3.63, 3.8) is 0 Å². The Morgan fingerprint density at radius 2 is 2.00 bits per heavy atom. The molecule has 3 rings (SSSR count). The van der Waals surface area contributed by atoms with Crippen LogP contribution in [0.5, 0.6) is 5.75 Å². The Bertz CT molecular complexity index is 899. The van der Waals surface area contributed by atoms with E-state index in [0.717, 1.165) is 22.6 Å². The van der Waals surface area contributed by atoms with Gasteiger partial charge >= 0.3 is 0 Å². The lowest BCUT2D eigenvalue weighted by Gasteiger charge is -2.12. The molecule has 2 aromatic carbocycles. The van der Waals surface area contributed by atoms with Crippen LogP contribution in [0.15, 0.2) is 48.5 Å². The molecule has 0 saturated heterocycles. The predicted octanol–water partition coefficient (Wildman–Crippen LogP) is 3.70. The van der Waals surface area contributed by atoms with E-state index in [4.69, 9.17) is 4.74 Å². The number of amides is 1. The first-order valence-corrected chi connectivity index (χ1v) is 8.96. The SMILES string of the molecule is Cc1cccc(OCCn2c(CNC(=O)C(C)C)nc3ccccc32)c1. The van der Waals surface area contributed by atoms with E-state index in [0.29, 0.717) is 19.7 Å². The molecule has 1 heterocycles. The van der Waals surface area contributed by atoms with Crippen molar-refractivity contribution in [2.45, 2.75) is 33.9 Å². The maximum Gasteiger partial charge on any atom is 0.222 e. The van der Waals surface area contributed by atoms with Gasteiger partial charge in [-0.25, -0.2) is 4.98 Å². The number of aromatic nitrogens is 2. The largest absolute Gasteiger partial charge is 0.492 e. The van der Waals surface area contributed by atoms with Crippen molar-refractivity contribution in [2.75, 3.05) is 6.61 Å². The Kier molecular flexibility index (Phi) is 5.56. The van der Waals surface area contributed by atoms with Gasteiger partial charge in [0.25, 0.3) is 0 Å². The molecule has 0 spiro atoms. The molecule has 136 valence electrons. The average Bonchev–Trinajstić information content (AvgIpc) is 2.97. The van der Waals surface area contributed by atoms with Crippen LogP contribution in [0.4, 0.5) is 0 Å². The molecule has 0 bridgehead atoms. The van der Waals surface area contributed by atoms with E-state index < -0.39 is 0 Å². The fourth-order valence-corrected chi connectivity index (χ4v) is 2.84. The van der Waals surface area contributed by atoms with Crippen LogP contribution < -0.4 is 10.1 Å². The van der Waals surface area contributed by atoms with Crippen LogP contribution in [0.1, 0.15) is 25.2 Å². The Balaban J connectivity index is 1.74. The lowest BCUT2D eigenvalue weighted by Crippen LogP contribution is -2.28. The number of carbonyl (C=O) groups is 1. The third kappa shape index (κ3) is 4.23. The van der Waals surface area contributed by atoms with E-state index in [-0.39, 0.29) is 11.8 Å². The first kappa shape index (κ1) is 18.0. The lowest BCUT2D eigenvalue weighted by atomic mass is 10.2. The number of ether oxygens (including phenoxy) is 1. The van der Waals surface area contributed by atoms with Crippen LogP contribution in [-0.2, 0) is 17.9 Å². The molecule has 0 fully saturated rings. The van der Waals surface area contributed by atoms with Gasteiger partial charge in [-0.2, -0.15) is 0 Å². The van der Waals surface area contributed by atoms with Gasteiger partial charge in [-0.05, 0) is 36.8 Å². The number of nitrogens with one attached hydrogen (secondary N) is 1. The van der Waals surface area contributed by atoms with Crippen molar-refractivity contribution in [1.29, 1.82) is 0 Å². The van der Waals surface area contributed by atoms with Gasteiger partial charge in [0.05, 0.1) is 24.1 Å². The monoisotopic (exact) mass is 351 g/mol. The Morgan fingerprint density at radius 3 is 2.77 bits per heavy atom. The van der Waals surface area contributed by atoms with E-state index in [1.165, 1.54) is 5.56 Å². The Morgan fingerprint density at radius 1 is 1.19 bits per heavy atom. The topological polar surface area (TPSA) is 56.1 Å². The van der Waals surface area contributed by atoms with Crippen molar-refractivity contribution < 1.29 is 9.53 Å². The summed E-state index contributed by atoms with van der Waals surface area (Å²) >= 11 is 0. The zero-order valence-electron chi connectivity index (χ0n) is 15.5. The zero-order valence-corrected chi connectivity index (χ0v) is 15.5. The van der Waals surface area contributed by atoms with Crippen molar-refractivity contribution in [3.8, 4) is 5.75 Å². The summed E-state index contributed by atoms with van der Waals surface area (Å²) < 4.78 is 8.01. The second-order valence-electron chi connectivity index (χ2n) is 6.71. The molecule has 0 aliphatic carbocycles. The van der Waals surface area contributed by atoms with Gasteiger partial charge in [0.15, 0.2) is 0 Å². The molecule has 0 radical (unpaired) electrons. The minimum atomic E-state index is -0.0440. The van der Waals surface area contributed by atoms with E-state index in [1.807, 2.05) is 69.3 Å². The molecule has 1 aromatic heterocycles. The summed E-state index contributed by atoms with van der Waals surface area (Å²) in [6.07, 6.45) is 0. The van der Waals surface area contributed by atoms with Crippen LogP contribution in [-0.4, -0.2) is 22.1 Å². The molecule has 1 N–H and O–H groups in total. The molecule has 5 nitrogen and oxygen atoms in total. The molecule has 0 saturated carbocycles. The highest BCUT2D eigenvalue weighted by molar-refractivity contribution is 5.78. The van der Waals surface area contributed by atoms with Crippen LogP contribution in [0, 0.1) is 12.8 Å². The zero-order chi connectivity index (χ0) is 18.5. The normalized spacial score (nSPS) is 11.1. The van der Waals surface area contributed by atoms with Crippen LogP contribution >= 0.6 is 0 Å². The average molecular weight is 351 g/mol. The van der Waals surface area contributed by atoms with Gasteiger partial charge in [-0.3, -0.25) is 4.79 Å². The molecule has 0 aliphatic heterocycles. The van der Waals surface area contributed by atoms with Gasteiger partial charge in [-0.1, -0.05) is 38.1 Å². The highest BCUT2D eigenvalue weighted by Gasteiger charge is 2.13. The summed E-state index contributed by atoms with van der Waals surface area (Å²) in [4.78, 5) is 16.6. The molecule has 0 aliphatic rings. The van der Waals surface area contributed by atoms with E-state index >= 15 is 0 Å². The Hall–Kier alpha value is -2.82. The van der Waals surface area contributed by atoms with Crippen molar-refractivity contribution >= 4 is 16.9 Å². The lowest BCUT2D eigenvalue weighted by molar-refractivity contribution is -0.124. The third-order valence-corrected chi connectivity index (χ3v) is 4.25. The molecule has 5 heteroatoms. The van der Waals surface area contributed by atoms with Crippen molar-refractivity contribution in [2.24, 2.45) is 5.92 Å². The first-order chi connectivity index (χ1) is 12.5. The second kappa shape index (κ2) is 8.04. The predicted molar refractivity (Wildman–Crippen MR) is 103 cm³/mol. The maximum absolute atomic E-state index is 11.9. The highest BCUT2D eigenvalue weighted by atomic mass is 16.5. The molecular formula is C21H25N3O2. The minimum absolute atomic E-state index is 0.0274. The quantitative estimate of drug-likeness (QED) is 0.706.